The molecule has 0 aromatic carbocycles. The van der Waals surface area contributed by atoms with Crippen LogP contribution in [0.1, 0.15) is 108 Å². The second-order valence-corrected chi connectivity index (χ2v) is 10.3. The third-order valence-electron chi connectivity index (χ3n) is 7.44. The molecule has 0 heterocycles. The van der Waals surface area contributed by atoms with Crippen LogP contribution in [0, 0.1) is 27.6 Å². The molecule has 0 aliphatic rings. The SMILES string of the molecule is CCC(C)(CCC(C)CCO)CC(C)(C)C(C)(CC)C(C)(C)C. The van der Waals surface area contributed by atoms with E-state index < -0.39 is 0 Å². The Morgan fingerprint density at radius 2 is 1.35 bits per heavy atom. The monoisotopic (exact) mass is 326 g/mol. The molecule has 0 saturated carbocycles. The van der Waals surface area contributed by atoms with Gasteiger partial charge in [-0.05, 0) is 53.3 Å². The number of aliphatic hydroxyl groups is 1. The molecule has 1 N–H and O–H groups in total. The summed E-state index contributed by atoms with van der Waals surface area (Å²) in [7, 11) is 0. The Labute approximate surface area is 147 Å². The van der Waals surface area contributed by atoms with Gasteiger partial charge in [0.15, 0.2) is 0 Å². The zero-order valence-electron chi connectivity index (χ0n) is 18.0. The van der Waals surface area contributed by atoms with Gasteiger partial charge in [-0.25, -0.2) is 0 Å². The summed E-state index contributed by atoms with van der Waals surface area (Å²) in [6.45, 7) is 24.5. The maximum absolute atomic E-state index is 9.14. The van der Waals surface area contributed by atoms with Crippen molar-refractivity contribution in [3.8, 4) is 0 Å². The maximum Gasteiger partial charge on any atom is 0.0433 e. The minimum Gasteiger partial charge on any atom is -0.396 e. The lowest BCUT2D eigenvalue weighted by molar-refractivity contribution is -0.0593. The second-order valence-electron chi connectivity index (χ2n) is 10.3. The first-order chi connectivity index (χ1) is 10.3. The molecule has 0 aliphatic carbocycles. The van der Waals surface area contributed by atoms with Gasteiger partial charge in [-0.1, -0.05) is 82.1 Å². The summed E-state index contributed by atoms with van der Waals surface area (Å²) in [5.41, 5.74) is 1.34. The Morgan fingerprint density at radius 3 is 1.70 bits per heavy atom. The van der Waals surface area contributed by atoms with Gasteiger partial charge >= 0.3 is 0 Å². The smallest absolute Gasteiger partial charge is 0.0433 e. The topological polar surface area (TPSA) is 20.2 Å². The molecule has 0 aromatic heterocycles. The van der Waals surface area contributed by atoms with Crippen LogP contribution in [0.3, 0.4) is 0 Å². The molecule has 0 rings (SSSR count). The van der Waals surface area contributed by atoms with E-state index in [0.29, 0.717) is 34.2 Å². The highest BCUT2D eigenvalue weighted by atomic mass is 16.3. The van der Waals surface area contributed by atoms with Gasteiger partial charge in [0.05, 0.1) is 0 Å². The maximum atomic E-state index is 9.14. The summed E-state index contributed by atoms with van der Waals surface area (Å²) in [4.78, 5) is 0. The number of hydrogen-bond acceptors (Lipinski definition) is 1. The fraction of sp³-hybridized carbons (Fsp3) is 1.00. The van der Waals surface area contributed by atoms with Crippen molar-refractivity contribution in [1.82, 2.24) is 0 Å². The van der Waals surface area contributed by atoms with Crippen LogP contribution in [0.4, 0.5) is 0 Å². The molecular weight excluding hydrogens is 280 g/mol. The van der Waals surface area contributed by atoms with Crippen molar-refractivity contribution in [3.05, 3.63) is 0 Å². The van der Waals surface area contributed by atoms with E-state index in [1.807, 2.05) is 0 Å². The van der Waals surface area contributed by atoms with Crippen LogP contribution in [0.25, 0.3) is 0 Å². The van der Waals surface area contributed by atoms with Crippen molar-refractivity contribution in [2.45, 2.75) is 108 Å². The third-order valence-corrected chi connectivity index (χ3v) is 7.44. The van der Waals surface area contributed by atoms with Crippen LogP contribution < -0.4 is 0 Å². The quantitative estimate of drug-likeness (QED) is 0.454. The molecule has 3 unspecified atom stereocenters. The zero-order chi connectivity index (χ0) is 18.5. The summed E-state index contributed by atoms with van der Waals surface area (Å²) in [6.07, 6.45) is 7.20. The van der Waals surface area contributed by atoms with Crippen molar-refractivity contribution in [1.29, 1.82) is 0 Å². The zero-order valence-corrected chi connectivity index (χ0v) is 18.0. The van der Waals surface area contributed by atoms with Crippen LogP contribution in [-0.4, -0.2) is 11.7 Å². The van der Waals surface area contributed by atoms with Crippen molar-refractivity contribution in [3.63, 3.8) is 0 Å². The molecule has 0 spiro atoms. The van der Waals surface area contributed by atoms with Crippen molar-refractivity contribution in [2.24, 2.45) is 27.6 Å². The predicted octanol–water partition coefficient (Wildman–Crippen LogP) is 7.08. The second kappa shape index (κ2) is 8.37. The first kappa shape index (κ1) is 23.0. The average Bonchev–Trinajstić information content (AvgIpc) is 2.42. The van der Waals surface area contributed by atoms with Crippen molar-refractivity contribution < 1.29 is 5.11 Å². The van der Waals surface area contributed by atoms with E-state index >= 15 is 0 Å². The van der Waals surface area contributed by atoms with E-state index in [1.165, 1.54) is 32.1 Å². The summed E-state index contributed by atoms with van der Waals surface area (Å²) in [6, 6.07) is 0. The van der Waals surface area contributed by atoms with E-state index in [4.69, 9.17) is 5.11 Å². The summed E-state index contributed by atoms with van der Waals surface area (Å²) < 4.78 is 0. The van der Waals surface area contributed by atoms with Gasteiger partial charge in [0.25, 0.3) is 0 Å². The van der Waals surface area contributed by atoms with Crippen molar-refractivity contribution >= 4 is 0 Å². The summed E-state index contributed by atoms with van der Waals surface area (Å²) in [5, 5.41) is 9.14. The highest BCUT2D eigenvalue weighted by Crippen LogP contribution is 2.58. The Morgan fingerprint density at radius 1 is 0.826 bits per heavy atom. The first-order valence-corrected chi connectivity index (χ1v) is 9.89. The number of aliphatic hydroxyl groups excluding tert-OH is 1. The summed E-state index contributed by atoms with van der Waals surface area (Å²) in [5.74, 6) is 0.633. The lowest BCUT2D eigenvalue weighted by Crippen LogP contribution is -2.47. The Hall–Kier alpha value is -0.0400. The van der Waals surface area contributed by atoms with Crippen LogP contribution >= 0.6 is 0 Å². The Kier molecular flexibility index (Phi) is 8.35. The van der Waals surface area contributed by atoms with E-state index in [9.17, 15) is 0 Å². The standard InChI is InChI=1S/C22H46O/c1-11-21(9,15-13-18(3)14-16-23)17-20(7,8)22(10,12-2)19(4,5)6/h18,23H,11-17H2,1-10H3. The van der Waals surface area contributed by atoms with Gasteiger partial charge < -0.3 is 5.11 Å². The number of rotatable bonds is 10. The molecule has 140 valence electrons. The van der Waals surface area contributed by atoms with Gasteiger partial charge in [-0.3, -0.25) is 0 Å². The van der Waals surface area contributed by atoms with Crippen LogP contribution in [0.2, 0.25) is 0 Å². The van der Waals surface area contributed by atoms with Crippen LogP contribution in [0.15, 0.2) is 0 Å². The minimum absolute atomic E-state index is 0.310. The van der Waals surface area contributed by atoms with Gasteiger partial charge in [0.2, 0.25) is 0 Å². The summed E-state index contributed by atoms with van der Waals surface area (Å²) >= 11 is 0. The van der Waals surface area contributed by atoms with Crippen LogP contribution in [-0.2, 0) is 0 Å². The molecule has 0 saturated heterocycles. The molecule has 1 nitrogen and oxygen atoms in total. The molecular formula is C22H46O. The molecule has 0 radical (unpaired) electrons. The average molecular weight is 327 g/mol. The largest absolute Gasteiger partial charge is 0.396 e. The molecule has 0 aliphatic heterocycles. The highest BCUT2D eigenvalue weighted by molar-refractivity contribution is 4.99. The molecule has 0 amide bonds. The Bertz CT molecular complexity index is 338. The predicted molar refractivity (Wildman–Crippen MR) is 105 cm³/mol. The minimum atomic E-state index is 0.310. The molecule has 23 heavy (non-hydrogen) atoms. The van der Waals surface area contributed by atoms with Gasteiger partial charge in [0, 0.05) is 6.61 Å². The van der Waals surface area contributed by atoms with E-state index in [2.05, 4.69) is 69.2 Å². The highest BCUT2D eigenvalue weighted by Gasteiger charge is 2.49. The van der Waals surface area contributed by atoms with Gasteiger partial charge in [-0.15, -0.1) is 0 Å². The molecule has 1 heteroatoms. The molecule has 0 bridgehead atoms. The van der Waals surface area contributed by atoms with Gasteiger partial charge in [0.1, 0.15) is 0 Å². The molecule has 3 atom stereocenters. The molecule has 0 aromatic rings. The van der Waals surface area contributed by atoms with Gasteiger partial charge in [-0.2, -0.15) is 0 Å². The third kappa shape index (κ3) is 5.76. The van der Waals surface area contributed by atoms with Crippen LogP contribution in [0.5, 0.6) is 0 Å². The van der Waals surface area contributed by atoms with E-state index in [-0.39, 0.29) is 0 Å². The van der Waals surface area contributed by atoms with Crippen molar-refractivity contribution in [2.75, 3.05) is 6.61 Å². The lowest BCUT2D eigenvalue weighted by Gasteiger charge is -2.55. The fourth-order valence-electron chi connectivity index (χ4n) is 4.64. The Balaban J connectivity index is 5.20. The fourth-order valence-corrected chi connectivity index (χ4v) is 4.64. The first-order valence-electron chi connectivity index (χ1n) is 9.89. The lowest BCUT2D eigenvalue weighted by atomic mass is 9.49. The molecule has 0 fully saturated rings. The van der Waals surface area contributed by atoms with E-state index in [0.717, 1.165) is 6.42 Å². The van der Waals surface area contributed by atoms with E-state index in [1.54, 1.807) is 0 Å². The number of hydrogen-bond donors (Lipinski definition) is 1. The normalized spacial score (nSPS) is 20.0.